The average Bonchev–Trinajstić information content (AvgIpc) is 2.71. The van der Waals surface area contributed by atoms with Gasteiger partial charge < -0.3 is 5.11 Å². The summed E-state index contributed by atoms with van der Waals surface area (Å²) in [6.45, 7) is 1.23. The molecule has 0 saturated heterocycles. The Morgan fingerprint density at radius 3 is 2.41 bits per heavy atom. The normalized spacial score (nSPS) is 19.5. The van der Waals surface area contributed by atoms with Crippen molar-refractivity contribution in [1.29, 1.82) is 0 Å². The Balaban J connectivity index is 2.01. The van der Waals surface area contributed by atoms with Crippen LogP contribution in [0.1, 0.15) is 48.8 Å². The van der Waals surface area contributed by atoms with Crippen LogP contribution in [0.3, 0.4) is 0 Å². The fourth-order valence-corrected chi connectivity index (χ4v) is 8.08. The first-order valence-electron chi connectivity index (χ1n) is 9.84. The Morgan fingerprint density at radius 2 is 1.72 bits per heavy atom. The van der Waals surface area contributed by atoms with Crippen molar-refractivity contribution in [3.8, 4) is 0 Å². The van der Waals surface area contributed by atoms with Gasteiger partial charge in [-0.3, -0.25) is 0 Å². The predicted molar refractivity (Wildman–Crippen MR) is 109 cm³/mol. The number of benzene rings is 2. The van der Waals surface area contributed by atoms with E-state index in [9.17, 15) is 16.8 Å². The zero-order valence-electron chi connectivity index (χ0n) is 16.3. The first-order valence-corrected chi connectivity index (χ1v) is 12.8. The van der Waals surface area contributed by atoms with Gasteiger partial charge in [-0.05, 0) is 48.6 Å². The Bertz CT molecular complexity index is 1160. The molecule has 29 heavy (non-hydrogen) atoms. The molecule has 1 aliphatic carbocycles. The van der Waals surface area contributed by atoms with Crippen molar-refractivity contribution in [2.24, 2.45) is 0 Å². The van der Waals surface area contributed by atoms with Gasteiger partial charge in [-0.1, -0.05) is 43.5 Å². The molecule has 2 N–H and O–H groups in total. The molecule has 6 nitrogen and oxygen atoms in total. The van der Waals surface area contributed by atoms with Crippen LogP contribution in [0.4, 0.5) is 0 Å². The molecule has 0 unspecified atom stereocenters. The van der Waals surface area contributed by atoms with Gasteiger partial charge in [0.1, 0.15) is 0 Å². The lowest BCUT2D eigenvalue weighted by molar-refractivity contribution is 0.301. The van der Waals surface area contributed by atoms with Gasteiger partial charge in [0.25, 0.3) is 0 Å². The summed E-state index contributed by atoms with van der Waals surface area (Å²) in [6.07, 6.45) is 4.82. The Labute approximate surface area is 171 Å². The number of rotatable bonds is 4. The summed E-state index contributed by atoms with van der Waals surface area (Å²) in [4.78, 5) is 0.316. The van der Waals surface area contributed by atoms with Crippen molar-refractivity contribution in [2.75, 3.05) is 13.2 Å². The number of fused-ring (bicyclic) bond motifs is 4. The Morgan fingerprint density at radius 1 is 1.03 bits per heavy atom. The number of sulfonamides is 1. The van der Waals surface area contributed by atoms with Gasteiger partial charge in [-0.2, -0.15) is 0 Å². The maximum absolute atomic E-state index is 13.5. The molecule has 0 aromatic heterocycles. The molecule has 2 aromatic rings. The second-order valence-electron chi connectivity index (χ2n) is 7.88. The van der Waals surface area contributed by atoms with Crippen molar-refractivity contribution in [2.45, 2.75) is 59.1 Å². The maximum Gasteiger partial charge on any atom is 0.240 e. The molecule has 0 atom stereocenters. The van der Waals surface area contributed by atoms with Gasteiger partial charge in [0.2, 0.25) is 19.9 Å². The molecule has 8 heteroatoms. The predicted octanol–water partition coefficient (Wildman–Crippen LogP) is 2.66. The highest BCUT2D eigenvalue weighted by atomic mass is 32.2. The maximum atomic E-state index is 13.5. The lowest BCUT2D eigenvalue weighted by atomic mass is 9.65. The van der Waals surface area contributed by atoms with Crippen LogP contribution in [-0.2, 0) is 25.3 Å². The van der Waals surface area contributed by atoms with E-state index in [-0.39, 0.29) is 27.8 Å². The number of aryl methyl sites for hydroxylation is 1. The average molecular weight is 436 g/mol. The van der Waals surface area contributed by atoms with E-state index in [1.54, 1.807) is 25.1 Å². The molecule has 4 rings (SSSR count). The number of aliphatic hydroxyl groups is 1. The Hall–Kier alpha value is -1.74. The third-order valence-corrected chi connectivity index (χ3v) is 9.63. The third-order valence-electron chi connectivity index (χ3n) is 6.17. The van der Waals surface area contributed by atoms with Crippen LogP contribution >= 0.6 is 0 Å². The number of aliphatic hydroxyl groups excluding tert-OH is 1. The Kier molecular flexibility index (Phi) is 5.09. The van der Waals surface area contributed by atoms with E-state index >= 15 is 0 Å². The number of hydrogen-bond acceptors (Lipinski definition) is 5. The molecule has 2 aliphatic rings. The van der Waals surface area contributed by atoms with Crippen LogP contribution in [0.15, 0.2) is 51.1 Å². The molecule has 0 radical (unpaired) electrons. The molecular weight excluding hydrogens is 410 g/mol. The summed E-state index contributed by atoms with van der Waals surface area (Å²) in [6, 6.07) is 10.2. The summed E-state index contributed by atoms with van der Waals surface area (Å²) >= 11 is 0. The topological polar surface area (TPSA) is 101 Å². The molecule has 2 aromatic carbocycles. The summed E-state index contributed by atoms with van der Waals surface area (Å²) in [5.41, 5.74) is 1.66. The first-order chi connectivity index (χ1) is 13.7. The molecule has 1 spiro atoms. The molecule has 1 saturated carbocycles. The summed E-state index contributed by atoms with van der Waals surface area (Å²) in [5.74, 6) is 0. The van der Waals surface area contributed by atoms with Crippen LogP contribution in [-0.4, -0.2) is 35.1 Å². The first kappa shape index (κ1) is 20.5. The van der Waals surface area contributed by atoms with Gasteiger partial charge in [0.15, 0.2) is 0 Å². The van der Waals surface area contributed by atoms with E-state index in [1.165, 1.54) is 6.07 Å². The molecule has 1 fully saturated rings. The second kappa shape index (κ2) is 7.19. The summed E-state index contributed by atoms with van der Waals surface area (Å²) in [7, 11) is -7.77. The molecule has 1 heterocycles. The highest BCUT2D eigenvalue weighted by Crippen LogP contribution is 2.53. The highest BCUT2D eigenvalue weighted by Gasteiger charge is 2.47. The van der Waals surface area contributed by atoms with E-state index < -0.39 is 25.3 Å². The minimum atomic E-state index is -3.93. The van der Waals surface area contributed by atoms with Crippen LogP contribution in [0.5, 0.6) is 0 Å². The van der Waals surface area contributed by atoms with Crippen LogP contribution in [0, 0.1) is 6.92 Å². The fraction of sp³-hybridized carbons (Fsp3) is 0.429. The lowest BCUT2D eigenvalue weighted by Gasteiger charge is -2.43. The van der Waals surface area contributed by atoms with Gasteiger partial charge in [0, 0.05) is 12.0 Å². The number of hydrogen-bond donors (Lipinski definition) is 2. The minimum Gasteiger partial charge on any atom is -0.395 e. The third kappa shape index (κ3) is 3.13. The van der Waals surface area contributed by atoms with Crippen molar-refractivity contribution >= 4 is 19.9 Å². The van der Waals surface area contributed by atoms with E-state index in [1.807, 2.05) is 12.1 Å². The molecular formula is C21H25NO5S2. The van der Waals surface area contributed by atoms with E-state index in [2.05, 4.69) is 4.72 Å². The molecule has 156 valence electrons. The van der Waals surface area contributed by atoms with E-state index in [4.69, 9.17) is 5.11 Å². The smallest absolute Gasteiger partial charge is 0.240 e. The zero-order valence-corrected chi connectivity index (χ0v) is 17.9. The van der Waals surface area contributed by atoms with Gasteiger partial charge in [-0.25, -0.2) is 21.6 Å². The number of nitrogens with one attached hydrogen (secondary N) is 1. The van der Waals surface area contributed by atoms with Crippen LogP contribution in [0.25, 0.3) is 0 Å². The lowest BCUT2D eigenvalue weighted by Crippen LogP contribution is -2.37. The summed E-state index contributed by atoms with van der Waals surface area (Å²) in [5, 5.41) is 8.97. The van der Waals surface area contributed by atoms with Crippen LogP contribution in [0.2, 0.25) is 0 Å². The van der Waals surface area contributed by atoms with Crippen molar-refractivity contribution < 1.29 is 21.9 Å². The van der Waals surface area contributed by atoms with Crippen molar-refractivity contribution in [1.82, 2.24) is 4.72 Å². The molecule has 0 amide bonds. The number of sulfone groups is 1. The molecule has 0 bridgehead atoms. The SMILES string of the molecule is Cc1cc2c(cc1S(=O)(=O)NCCO)S(=O)(=O)c1ccccc1C21CCCCC1. The van der Waals surface area contributed by atoms with Gasteiger partial charge in [-0.15, -0.1) is 0 Å². The minimum absolute atomic E-state index is 0.0568. The zero-order chi connectivity index (χ0) is 20.9. The quantitative estimate of drug-likeness (QED) is 0.769. The van der Waals surface area contributed by atoms with E-state index in [0.29, 0.717) is 5.56 Å². The van der Waals surface area contributed by atoms with Crippen molar-refractivity contribution in [3.63, 3.8) is 0 Å². The van der Waals surface area contributed by atoms with Gasteiger partial charge >= 0.3 is 0 Å². The largest absolute Gasteiger partial charge is 0.395 e. The molecule has 1 aliphatic heterocycles. The van der Waals surface area contributed by atoms with Crippen LogP contribution < -0.4 is 4.72 Å². The highest BCUT2D eigenvalue weighted by molar-refractivity contribution is 7.92. The van der Waals surface area contributed by atoms with E-state index in [0.717, 1.165) is 43.2 Å². The monoisotopic (exact) mass is 435 g/mol. The van der Waals surface area contributed by atoms with Crippen molar-refractivity contribution in [3.05, 3.63) is 53.1 Å². The standard InChI is InChI=1S/C21H25NO5S2/c1-15-13-17-20(14-19(15)29(26,27)22-11-12-23)28(24,25)18-8-4-3-7-16(18)21(17)9-5-2-6-10-21/h3-4,7-8,13-14,22-23H,2,5-6,9-12H2,1H3. The fourth-order valence-electron chi connectivity index (χ4n) is 4.87. The summed E-state index contributed by atoms with van der Waals surface area (Å²) < 4.78 is 54.7. The second-order valence-corrected chi connectivity index (χ2v) is 11.5. The van der Waals surface area contributed by atoms with Gasteiger partial charge in [0.05, 0.1) is 21.3 Å².